The Kier molecular flexibility index (Phi) is 6.19. The van der Waals surface area contributed by atoms with Crippen LogP contribution in [0.5, 0.6) is 0 Å². The standard InChI is InChI=1S/C22H29N5O/c28-22(18-26-13-15-27(16-14-26)21-5-1-2-10-23-21)24-20-8-6-19(7-9-20)17-25-11-3-4-12-25/h1-2,5-10H,3-4,11-18H2,(H,24,28)/p+3. The summed E-state index contributed by atoms with van der Waals surface area (Å²) in [7, 11) is 0. The number of quaternary nitrogens is 2. The molecular formula is C22H32N5O+3. The molecule has 0 aliphatic carbocycles. The molecule has 2 aromatic rings. The van der Waals surface area contributed by atoms with E-state index < -0.39 is 0 Å². The fourth-order valence-electron chi connectivity index (χ4n) is 4.30. The number of hydrogen-bond acceptors (Lipinski definition) is 2. The minimum atomic E-state index is 0.104. The van der Waals surface area contributed by atoms with Crippen LogP contribution in [-0.2, 0) is 11.3 Å². The maximum absolute atomic E-state index is 12.4. The molecule has 0 saturated carbocycles. The second-order valence-corrected chi connectivity index (χ2v) is 8.04. The number of anilines is 2. The average molecular weight is 383 g/mol. The van der Waals surface area contributed by atoms with E-state index >= 15 is 0 Å². The number of pyridine rings is 1. The summed E-state index contributed by atoms with van der Waals surface area (Å²) >= 11 is 0. The van der Waals surface area contributed by atoms with E-state index in [1.54, 1.807) is 4.90 Å². The molecule has 6 heteroatoms. The lowest BCUT2D eigenvalue weighted by atomic mass is 10.2. The summed E-state index contributed by atoms with van der Waals surface area (Å²) in [6.07, 6.45) is 4.66. The van der Waals surface area contributed by atoms with E-state index in [-0.39, 0.29) is 5.91 Å². The third-order valence-corrected chi connectivity index (χ3v) is 5.92. The van der Waals surface area contributed by atoms with E-state index in [1.807, 2.05) is 24.4 Å². The van der Waals surface area contributed by atoms with Crippen LogP contribution in [0, 0.1) is 0 Å². The molecule has 0 radical (unpaired) electrons. The van der Waals surface area contributed by atoms with Gasteiger partial charge in [-0.25, -0.2) is 4.98 Å². The van der Waals surface area contributed by atoms with Crippen molar-refractivity contribution in [1.29, 1.82) is 0 Å². The van der Waals surface area contributed by atoms with Gasteiger partial charge in [-0.05, 0) is 18.2 Å². The number of carbonyl (C=O) groups excluding carboxylic acids is 1. The fraction of sp³-hybridized carbons (Fsp3) is 0.455. The van der Waals surface area contributed by atoms with E-state index in [4.69, 9.17) is 0 Å². The van der Waals surface area contributed by atoms with Crippen molar-refractivity contribution in [2.45, 2.75) is 19.4 Å². The van der Waals surface area contributed by atoms with Crippen LogP contribution in [0.2, 0.25) is 0 Å². The first-order chi connectivity index (χ1) is 13.8. The maximum Gasteiger partial charge on any atom is 0.279 e. The van der Waals surface area contributed by atoms with Gasteiger partial charge < -0.3 is 15.1 Å². The fourth-order valence-corrected chi connectivity index (χ4v) is 4.30. The first-order valence-electron chi connectivity index (χ1n) is 10.5. The third kappa shape index (κ3) is 5.09. The molecule has 148 valence electrons. The minimum Gasteiger partial charge on any atom is -0.331 e. The Bertz CT molecular complexity index is 750. The maximum atomic E-state index is 12.4. The highest BCUT2D eigenvalue weighted by Gasteiger charge is 2.27. The molecule has 3 heterocycles. The summed E-state index contributed by atoms with van der Waals surface area (Å²) in [4.78, 5) is 21.1. The first-order valence-corrected chi connectivity index (χ1v) is 10.5. The Labute approximate surface area is 167 Å². The summed E-state index contributed by atoms with van der Waals surface area (Å²) in [5.74, 6) is 1.26. The van der Waals surface area contributed by atoms with Crippen LogP contribution in [0.3, 0.4) is 0 Å². The molecule has 4 N–H and O–H groups in total. The summed E-state index contributed by atoms with van der Waals surface area (Å²) < 4.78 is 0. The minimum absolute atomic E-state index is 0.104. The van der Waals surface area contributed by atoms with E-state index in [1.165, 1.54) is 36.4 Å². The van der Waals surface area contributed by atoms with Crippen molar-refractivity contribution in [2.75, 3.05) is 56.0 Å². The molecule has 0 unspecified atom stereocenters. The topological polar surface area (TPSA) is 55.4 Å². The molecule has 0 atom stereocenters. The van der Waals surface area contributed by atoms with Crippen molar-refractivity contribution >= 4 is 17.4 Å². The predicted molar refractivity (Wildman–Crippen MR) is 109 cm³/mol. The number of rotatable bonds is 6. The number of nitrogens with zero attached hydrogens (tertiary/aromatic N) is 1. The Morgan fingerprint density at radius 3 is 2.39 bits per heavy atom. The van der Waals surface area contributed by atoms with Gasteiger partial charge in [-0.2, -0.15) is 0 Å². The largest absolute Gasteiger partial charge is 0.331 e. The monoisotopic (exact) mass is 382 g/mol. The molecule has 4 rings (SSSR count). The van der Waals surface area contributed by atoms with Crippen molar-refractivity contribution in [3.8, 4) is 0 Å². The molecule has 2 aliphatic rings. The number of aromatic amines is 1. The molecule has 1 aromatic heterocycles. The number of carbonyl (C=O) groups is 1. The van der Waals surface area contributed by atoms with Crippen molar-refractivity contribution in [3.63, 3.8) is 0 Å². The van der Waals surface area contributed by atoms with Crippen molar-refractivity contribution in [2.24, 2.45) is 0 Å². The highest BCUT2D eigenvalue weighted by atomic mass is 16.2. The Morgan fingerprint density at radius 1 is 0.964 bits per heavy atom. The number of amides is 1. The van der Waals surface area contributed by atoms with Crippen LogP contribution in [0.15, 0.2) is 48.7 Å². The number of likely N-dealkylation sites (tertiary alicyclic amines) is 1. The Morgan fingerprint density at radius 2 is 1.71 bits per heavy atom. The molecular weight excluding hydrogens is 350 g/mol. The van der Waals surface area contributed by atoms with Crippen LogP contribution in [-0.4, -0.2) is 51.7 Å². The highest BCUT2D eigenvalue weighted by Crippen LogP contribution is 2.09. The van der Waals surface area contributed by atoms with Crippen molar-refractivity contribution in [3.05, 3.63) is 54.2 Å². The van der Waals surface area contributed by atoms with Gasteiger partial charge in [0, 0.05) is 30.2 Å². The van der Waals surface area contributed by atoms with Crippen molar-refractivity contribution < 1.29 is 19.6 Å². The molecule has 28 heavy (non-hydrogen) atoms. The SMILES string of the molecule is O=C(C[NH+]1CCN(c2cccc[nH+]2)CC1)Nc1ccc(C[NH+]2CCCC2)cc1. The molecule has 0 bridgehead atoms. The summed E-state index contributed by atoms with van der Waals surface area (Å²) in [6.45, 7) is 8.11. The summed E-state index contributed by atoms with van der Waals surface area (Å²) in [5, 5.41) is 3.07. The number of benzene rings is 1. The Hall–Kier alpha value is -2.44. The predicted octanol–water partition coefficient (Wildman–Crippen LogP) is -0.977. The Balaban J connectivity index is 1.21. The van der Waals surface area contributed by atoms with Gasteiger partial charge in [-0.3, -0.25) is 9.69 Å². The number of H-pyrrole nitrogens is 1. The molecule has 1 amide bonds. The van der Waals surface area contributed by atoms with E-state index in [9.17, 15) is 4.79 Å². The van der Waals surface area contributed by atoms with Crippen molar-refractivity contribution in [1.82, 2.24) is 0 Å². The zero-order chi connectivity index (χ0) is 19.2. The van der Waals surface area contributed by atoms with E-state index in [2.05, 4.69) is 39.5 Å². The van der Waals surface area contributed by atoms with Crippen LogP contribution in [0.25, 0.3) is 0 Å². The van der Waals surface area contributed by atoms with Gasteiger partial charge in [0.25, 0.3) is 11.7 Å². The number of aromatic nitrogens is 1. The van der Waals surface area contributed by atoms with Crippen LogP contribution >= 0.6 is 0 Å². The smallest absolute Gasteiger partial charge is 0.279 e. The molecule has 2 fully saturated rings. The summed E-state index contributed by atoms with van der Waals surface area (Å²) in [6, 6.07) is 14.5. The molecule has 2 aliphatic heterocycles. The van der Waals surface area contributed by atoms with Gasteiger partial charge in [-0.15, -0.1) is 0 Å². The van der Waals surface area contributed by atoms with Gasteiger partial charge in [-0.1, -0.05) is 18.2 Å². The number of nitrogens with one attached hydrogen (secondary N) is 4. The lowest BCUT2D eigenvalue weighted by Gasteiger charge is -2.27. The highest BCUT2D eigenvalue weighted by molar-refractivity contribution is 5.91. The molecule has 2 saturated heterocycles. The first kappa shape index (κ1) is 18.9. The lowest BCUT2D eigenvalue weighted by Crippen LogP contribution is -3.15. The number of piperazine rings is 1. The van der Waals surface area contributed by atoms with E-state index in [0.717, 1.165) is 44.2 Å². The quantitative estimate of drug-likeness (QED) is 0.602. The molecule has 6 nitrogen and oxygen atoms in total. The second-order valence-electron chi connectivity index (χ2n) is 8.04. The van der Waals surface area contributed by atoms with Gasteiger partial charge in [0.1, 0.15) is 32.7 Å². The zero-order valence-electron chi connectivity index (χ0n) is 16.5. The molecule has 0 spiro atoms. The van der Waals surface area contributed by atoms with Crippen LogP contribution in [0.1, 0.15) is 18.4 Å². The average Bonchev–Trinajstić information content (AvgIpc) is 3.24. The summed E-state index contributed by atoms with van der Waals surface area (Å²) in [5.41, 5.74) is 2.26. The zero-order valence-corrected chi connectivity index (χ0v) is 16.5. The van der Waals surface area contributed by atoms with Gasteiger partial charge in [0.05, 0.1) is 19.3 Å². The normalized spacial score (nSPS) is 18.4. The van der Waals surface area contributed by atoms with Gasteiger partial charge in [0.15, 0.2) is 6.54 Å². The van der Waals surface area contributed by atoms with Crippen LogP contribution in [0.4, 0.5) is 11.5 Å². The van der Waals surface area contributed by atoms with E-state index in [0.29, 0.717) is 6.54 Å². The van der Waals surface area contributed by atoms with Gasteiger partial charge in [0.2, 0.25) is 0 Å². The number of hydrogen-bond donors (Lipinski definition) is 3. The third-order valence-electron chi connectivity index (χ3n) is 5.92. The second kappa shape index (κ2) is 9.17. The molecule has 1 aromatic carbocycles. The van der Waals surface area contributed by atoms with Crippen LogP contribution < -0.4 is 25.0 Å². The lowest BCUT2D eigenvalue weighted by molar-refractivity contribution is -0.901. The van der Waals surface area contributed by atoms with Gasteiger partial charge >= 0.3 is 0 Å².